The number of Topliss-reactive ketones (excluding diaryl/α,β-unsaturated/α-hetero) is 1. The molecule has 1 aliphatic heterocycles. The normalized spacial score (nSPS) is 17.8. The minimum Gasteiger partial charge on any atom is -0.507 e. The van der Waals surface area contributed by atoms with Gasteiger partial charge in [0.1, 0.15) is 11.8 Å². The third-order valence-electron chi connectivity index (χ3n) is 6.08. The van der Waals surface area contributed by atoms with Crippen LogP contribution in [0.25, 0.3) is 5.76 Å². The minimum absolute atomic E-state index is 0.110. The maximum Gasteiger partial charge on any atom is 0.295 e. The summed E-state index contributed by atoms with van der Waals surface area (Å²) in [5.41, 5.74) is 1.21. The van der Waals surface area contributed by atoms with Crippen LogP contribution in [0.4, 0.5) is 0 Å². The van der Waals surface area contributed by atoms with Gasteiger partial charge in [0.25, 0.3) is 11.7 Å². The van der Waals surface area contributed by atoms with Crippen molar-refractivity contribution in [2.75, 3.05) is 26.2 Å². The molecule has 1 saturated heterocycles. The van der Waals surface area contributed by atoms with Crippen LogP contribution in [-0.4, -0.2) is 57.8 Å². The second-order valence-electron chi connectivity index (χ2n) is 8.52. The molecule has 0 spiro atoms. The van der Waals surface area contributed by atoms with E-state index in [2.05, 4.69) is 23.7 Å². The van der Waals surface area contributed by atoms with Gasteiger partial charge in [-0.25, -0.2) is 0 Å². The zero-order chi connectivity index (χ0) is 23.6. The summed E-state index contributed by atoms with van der Waals surface area (Å²) in [6, 6.07) is 13.6. The van der Waals surface area contributed by atoms with E-state index in [0.717, 1.165) is 51.7 Å². The molecule has 0 bridgehead atoms. The molecular weight excluding hydrogens is 414 g/mol. The Morgan fingerprint density at radius 1 is 0.939 bits per heavy atom. The SMILES string of the molecule is CCCCN(CCCC)CCCN1C(=O)C(=O)C(=C(O)c2ccccc2)[C@@H]1c1ccccn1. The van der Waals surface area contributed by atoms with Crippen LogP contribution in [-0.2, 0) is 9.59 Å². The van der Waals surface area contributed by atoms with Crippen LogP contribution in [0, 0.1) is 0 Å². The summed E-state index contributed by atoms with van der Waals surface area (Å²) < 4.78 is 0. The molecule has 6 heteroatoms. The van der Waals surface area contributed by atoms with Crippen molar-refractivity contribution in [1.82, 2.24) is 14.8 Å². The van der Waals surface area contributed by atoms with Crippen molar-refractivity contribution in [2.24, 2.45) is 0 Å². The summed E-state index contributed by atoms with van der Waals surface area (Å²) in [5.74, 6) is -1.38. The highest BCUT2D eigenvalue weighted by molar-refractivity contribution is 6.46. The summed E-state index contributed by atoms with van der Waals surface area (Å²) in [6.45, 7) is 7.79. The van der Waals surface area contributed by atoms with Crippen LogP contribution in [0.15, 0.2) is 60.3 Å². The summed E-state index contributed by atoms with van der Waals surface area (Å²) in [7, 11) is 0. The number of carbonyl (C=O) groups is 2. The van der Waals surface area contributed by atoms with E-state index in [0.29, 0.717) is 17.8 Å². The number of rotatable bonds is 12. The van der Waals surface area contributed by atoms with E-state index in [1.807, 2.05) is 12.1 Å². The Morgan fingerprint density at radius 2 is 1.58 bits per heavy atom. The standard InChI is InChI=1S/C27H35N3O3/c1-3-5-17-29(18-6-4-2)19-12-20-30-24(22-15-10-11-16-28-22)23(26(32)27(30)33)25(31)21-13-8-7-9-14-21/h7-11,13-16,24,31H,3-6,12,17-20H2,1-2H3/t24-/m0/s1. The smallest absolute Gasteiger partial charge is 0.295 e. The fourth-order valence-corrected chi connectivity index (χ4v) is 4.27. The van der Waals surface area contributed by atoms with Crippen LogP contribution in [0.5, 0.6) is 0 Å². The molecule has 0 unspecified atom stereocenters. The van der Waals surface area contributed by atoms with Crippen molar-refractivity contribution in [3.05, 3.63) is 71.6 Å². The second kappa shape index (κ2) is 12.3. The van der Waals surface area contributed by atoms with E-state index in [-0.39, 0.29) is 11.3 Å². The van der Waals surface area contributed by atoms with E-state index < -0.39 is 17.7 Å². The summed E-state index contributed by atoms with van der Waals surface area (Å²) in [6.07, 6.45) is 7.01. The molecule has 33 heavy (non-hydrogen) atoms. The Kier molecular flexibility index (Phi) is 9.19. The predicted octanol–water partition coefficient (Wildman–Crippen LogP) is 4.80. The number of aliphatic hydroxyl groups excluding tert-OH is 1. The number of aromatic nitrogens is 1. The number of unbranched alkanes of at least 4 members (excludes halogenated alkanes) is 2. The van der Waals surface area contributed by atoms with E-state index in [4.69, 9.17) is 0 Å². The Labute approximate surface area is 196 Å². The van der Waals surface area contributed by atoms with Crippen LogP contribution in [0.3, 0.4) is 0 Å². The molecule has 3 rings (SSSR count). The van der Waals surface area contributed by atoms with Crippen molar-refractivity contribution in [2.45, 2.75) is 52.0 Å². The number of ketones is 1. The molecule has 0 aliphatic carbocycles. The number of aliphatic hydroxyl groups is 1. The molecule has 1 aromatic carbocycles. The molecule has 1 aliphatic rings. The van der Waals surface area contributed by atoms with Gasteiger partial charge in [-0.1, -0.05) is 63.1 Å². The van der Waals surface area contributed by atoms with E-state index >= 15 is 0 Å². The molecule has 176 valence electrons. The zero-order valence-electron chi connectivity index (χ0n) is 19.7. The highest BCUT2D eigenvalue weighted by atomic mass is 16.3. The first kappa shape index (κ1) is 24.6. The van der Waals surface area contributed by atoms with Crippen molar-refractivity contribution >= 4 is 17.4 Å². The van der Waals surface area contributed by atoms with Crippen LogP contribution in [0.2, 0.25) is 0 Å². The van der Waals surface area contributed by atoms with Crippen LogP contribution in [0.1, 0.15) is 63.3 Å². The minimum atomic E-state index is -0.689. The van der Waals surface area contributed by atoms with Gasteiger partial charge in [0, 0.05) is 18.3 Å². The van der Waals surface area contributed by atoms with Gasteiger partial charge in [0.05, 0.1) is 11.3 Å². The topological polar surface area (TPSA) is 73.7 Å². The largest absolute Gasteiger partial charge is 0.507 e. The molecule has 1 aromatic heterocycles. The molecule has 0 radical (unpaired) electrons. The average molecular weight is 450 g/mol. The van der Waals surface area contributed by atoms with Crippen LogP contribution < -0.4 is 0 Å². The van der Waals surface area contributed by atoms with Crippen LogP contribution >= 0.6 is 0 Å². The second-order valence-corrected chi connectivity index (χ2v) is 8.52. The van der Waals surface area contributed by atoms with Gasteiger partial charge in [-0.2, -0.15) is 0 Å². The third kappa shape index (κ3) is 6.08. The average Bonchev–Trinajstić information content (AvgIpc) is 3.11. The first-order valence-corrected chi connectivity index (χ1v) is 12.1. The number of benzene rings is 1. The van der Waals surface area contributed by atoms with Gasteiger partial charge in [0.2, 0.25) is 0 Å². The molecule has 1 atom stereocenters. The Balaban J connectivity index is 1.85. The summed E-state index contributed by atoms with van der Waals surface area (Å²) in [5, 5.41) is 11.0. The molecular formula is C27H35N3O3. The Bertz CT molecular complexity index is 936. The molecule has 1 amide bonds. The lowest BCUT2D eigenvalue weighted by Gasteiger charge is -2.27. The van der Waals surface area contributed by atoms with Crippen molar-refractivity contribution < 1.29 is 14.7 Å². The van der Waals surface area contributed by atoms with Gasteiger partial charge < -0.3 is 14.9 Å². The first-order chi connectivity index (χ1) is 16.1. The molecule has 1 N–H and O–H groups in total. The highest BCUT2D eigenvalue weighted by Gasteiger charge is 2.46. The maximum absolute atomic E-state index is 13.0. The van der Waals surface area contributed by atoms with Gasteiger partial charge in [0.15, 0.2) is 0 Å². The number of pyridine rings is 1. The lowest BCUT2D eigenvalue weighted by Crippen LogP contribution is -2.34. The fourth-order valence-electron chi connectivity index (χ4n) is 4.27. The molecule has 0 saturated carbocycles. The van der Waals surface area contributed by atoms with E-state index in [1.54, 1.807) is 47.5 Å². The molecule has 1 fully saturated rings. The monoisotopic (exact) mass is 449 g/mol. The Hall–Kier alpha value is -2.99. The summed E-state index contributed by atoms with van der Waals surface area (Å²) >= 11 is 0. The zero-order valence-corrected chi connectivity index (χ0v) is 19.7. The number of nitrogens with zero attached hydrogens (tertiary/aromatic N) is 3. The maximum atomic E-state index is 13.0. The van der Waals surface area contributed by atoms with Gasteiger partial charge in [-0.05, 0) is 51.0 Å². The number of hydrogen-bond acceptors (Lipinski definition) is 5. The quantitative estimate of drug-likeness (QED) is 0.286. The van der Waals surface area contributed by atoms with E-state index in [1.165, 1.54) is 0 Å². The van der Waals surface area contributed by atoms with E-state index in [9.17, 15) is 14.7 Å². The van der Waals surface area contributed by atoms with Crippen molar-refractivity contribution in [3.8, 4) is 0 Å². The molecule has 2 heterocycles. The van der Waals surface area contributed by atoms with Gasteiger partial charge >= 0.3 is 0 Å². The lowest BCUT2D eigenvalue weighted by atomic mass is 9.98. The molecule has 6 nitrogen and oxygen atoms in total. The highest BCUT2D eigenvalue weighted by Crippen LogP contribution is 2.38. The van der Waals surface area contributed by atoms with Gasteiger partial charge in [-0.15, -0.1) is 0 Å². The first-order valence-electron chi connectivity index (χ1n) is 12.1. The fraction of sp³-hybridized carbons (Fsp3) is 0.444. The van der Waals surface area contributed by atoms with Gasteiger partial charge in [-0.3, -0.25) is 14.6 Å². The number of hydrogen-bond donors (Lipinski definition) is 1. The number of carbonyl (C=O) groups excluding carboxylic acids is 2. The van der Waals surface area contributed by atoms with Crippen molar-refractivity contribution in [3.63, 3.8) is 0 Å². The summed E-state index contributed by atoms with van der Waals surface area (Å²) in [4.78, 5) is 34.5. The number of likely N-dealkylation sites (tertiary alicyclic amines) is 1. The van der Waals surface area contributed by atoms with Crippen molar-refractivity contribution in [1.29, 1.82) is 0 Å². The predicted molar refractivity (Wildman–Crippen MR) is 131 cm³/mol. The number of amides is 1. The third-order valence-corrected chi connectivity index (χ3v) is 6.08. The lowest BCUT2D eigenvalue weighted by molar-refractivity contribution is -0.140. The molecule has 2 aromatic rings. The Morgan fingerprint density at radius 3 is 2.18 bits per heavy atom.